The molecule has 0 unspecified atom stereocenters. The number of nitrogens with zero attached hydrogens (tertiary/aromatic N) is 1. The quantitative estimate of drug-likeness (QED) is 0.423. The van der Waals surface area contributed by atoms with E-state index >= 15 is 0 Å². The van der Waals surface area contributed by atoms with Gasteiger partial charge in [-0.05, 0) is 18.2 Å². The molecule has 1 saturated heterocycles. The van der Waals surface area contributed by atoms with E-state index in [9.17, 15) is 9.18 Å². The Balaban J connectivity index is 1.55. The number of H-pyrrole nitrogens is 1. The number of carbonyl (C=O) groups excluding carboxylic acids is 1. The van der Waals surface area contributed by atoms with E-state index < -0.39 is 5.82 Å². The van der Waals surface area contributed by atoms with E-state index in [-0.39, 0.29) is 17.8 Å². The van der Waals surface area contributed by atoms with Crippen LogP contribution in [-0.2, 0) is 11.2 Å². The summed E-state index contributed by atoms with van der Waals surface area (Å²) in [6.07, 6.45) is 3.86. The number of anilines is 2. The summed E-state index contributed by atoms with van der Waals surface area (Å²) in [5.74, 6) is -0.102. The number of hydrogen-bond donors (Lipinski definition) is 4. The van der Waals surface area contributed by atoms with Gasteiger partial charge in [0.2, 0.25) is 0 Å². The van der Waals surface area contributed by atoms with Gasteiger partial charge in [0.05, 0.1) is 42.5 Å². The van der Waals surface area contributed by atoms with Gasteiger partial charge in [0, 0.05) is 43.5 Å². The fraction of sp³-hybridized carbons (Fsp3) is 0.333. The Morgan fingerprint density at radius 3 is 3.03 bits per heavy atom. The van der Waals surface area contributed by atoms with Gasteiger partial charge >= 0.3 is 0 Å². The summed E-state index contributed by atoms with van der Waals surface area (Å²) in [7, 11) is 1.40. The van der Waals surface area contributed by atoms with Crippen molar-refractivity contribution in [3.8, 4) is 22.8 Å². The van der Waals surface area contributed by atoms with Gasteiger partial charge in [-0.25, -0.2) is 4.39 Å². The van der Waals surface area contributed by atoms with E-state index in [0.717, 1.165) is 17.8 Å². The maximum Gasteiger partial charge on any atom is 0.255 e. The lowest BCUT2D eigenvalue weighted by Gasteiger charge is -2.24. The number of para-hydroxylation sites is 1. The Bertz CT molecular complexity index is 1190. The fourth-order valence-corrected chi connectivity index (χ4v) is 4.27. The number of ether oxygens (including phenoxy) is 3. The summed E-state index contributed by atoms with van der Waals surface area (Å²) in [5, 5.41) is 9.40. The molecule has 9 nitrogen and oxygen atoms in total. The zero-order valence-corrected chi connectivity index (χ0v) is 18.7. The Morgan fingerprint density at radius 1 is 1.29 bits per heavy atom. The number of hydrogen-bond acceptors (Lipinski definition) is 7. The molecule has 2 aromatic heterocycles. The highest BCUT2D eigenvalue weighted by molar-refractivity contribution is 6.06. The molecule has 0 spiro atoms. The summed E-state index contributed by atoms with van der Waals surface area (Å²) in [6.45, 7) is 3.05. The second-order valence-electron chi connectivity index (χ2n) is 8.06. The van der Waals surface area contributed by atoms with Crippen molar-refractivity contribution in [3.63, 3.8) is 0 Å². The molecule has 3 aromatic rings. The van der Waals surface area contributed by atoms with Crippen LogP contribution in [0.3, 0.4) is 0 Å². The number of benzene rings is 1. The summed E-state index contributed by atoms with van der Waals surface area (Å²) in [6, 6.07) is 6.42. The Morgan fingerprint density at radius 2 is 2.21 bits per heavy atom. The van der Waals surface area contributed by atoms with Gasteiger partial charge in [-0.1, -0.05) is 6.07 Å². The van der Waals surface area contributed by atoms with Gasteiger partial charge in [0.25, 0.3) is 5.91 Å². The average Bonchev–Trinajstić information content (AvgIpc) is 3.23. The molecule has 4 N–H and O–H groups in total. The minimum absolute atomic E-state index is 0.0627. The molecule has 0 bridgehead atoms. The Kier molecular flexibility index (Phi) is 6.33. The van der Waals surface area contributed by atoms with Crippen molar-refractivity contribution in [1.29, 1.82) is 0 Å². The van der Waals surface area contributed by atoms with Crippen molar-refractivity contribution in [1.82, 2.24) is 20.6 Å². The molecule has 0 radical (unpaired) electrons. The number of halogens is 1. The molecule has 0 aliphatic carbocycles. The van der Waals surface area contributed by atoms with Crippen LogP contribution in [0.5, 0.6) is 11.5 Å². The minimum Gasteiger partial charge on any atom is -0.492 e. The molecule has 1 fully saturated rings. The van der Waals surface area contributed by atoms with E-state index in [1.165, 1.54) is 13.2 Å². The van der Waals surface area contributed by atoms with Crippen LogP contribution in [0.2, 0.25) is 0 Å². The standard InChI is InChI=1S/C24H26FN5O4/c1-32-23-16(25)3-2-4-18(23)30-22-20-17(6-8-28-24(20)31)29-21(22)15-5-7-26-12-19(15)34-13-14-11-27-9-10-33-14/h2-5,7,12,14,27,29-30H,6,8-11,13H2,1H3,(H,28,31)/t14-/m0/s1. The van der Waals surface area contributed by atoms with Gasteiger partial charge in [0.1, 0.15) is 18.5 Å². The van der Waals surface area contributed by atoms with Crippen molar-refractivity contribution in [2.45, 2.75) is 12.5 Å². The van der Waals surface area contributed by atoms with Gasteiger partial charge in [-0.3, -0.25) is 9.78 Å². The molecule has 1 atom stereocenters. The monoisotopic (exact) mass is 467 g/mol. The third-order valence-corrected chi connectivity index (χ3v) is 5.88. The van der Waals surface area contributed by atoms with Gasteiger partial charge in [-0.15, -0.1) is 0 Å². The molecule has 178 valence electrons. The van der Waals surface area contributed by atoms with Crippen molar-refractivity contribution < 1.29 is 23.4 Å². The van der Waals surface area contributed by atoms with E-state index in [1.807, 2.05) is 6.07 Å². The van der Waals surface area contributed by atoms with E-state index in [1.54, 1.807) is 24.5 Å². The Labute approximate surface area is 196 Å². The van der Waals surface area contributed by atoms with Crippen LogP contribution in [0, 0.1) is 5.82 Å². The third-order valence-electron chi connectivity index (χ3n) is 5.88. The lowest BCUT2D eigenvalue weighted by atomic mass is 10.0. The van der Waals surface area contributed by atoms with Crippen LogP contribution >= 0.6 is 0 Å². The Hall–Kier alpha value is -3.63. The number of pyridine rings is 1. The average molecular weight is 468 g/mol. The topological polar surface area (TPSA) is 110 Å². The number of rotatable bonds is 7. The van der Waals surface area contributed by atoms with Gasteiger partial charge in [0.15, 0.2) is 11.6 Å². The maximum absolute atomic E-state index is 14.4. The summed E-state index contributed by atoms with van der Waals surface area (Å²) < 4.78 is 31.5. The maximum atomic E-state index is 14.4. The number of morpholine rings is 1. The van der Waals surface area contributed by atoms with Crippen molar-refractivity contribution >= 4 is 17.3 Å². The molecule has 1 aromatic carbocycles. The molecule has 2 aliphatic heterocycles. The first-order valence-corrected chi connectivity index (χ1v) is 11.2. The van der Waals surface area contributed by atoms with Crippen molar-refractivity contribution in [2.24, 2.45) is 0 Å². The largest absolute Gasteiger partial charge is 0.492 e. The number of aromatic amines is 1. The van der Waals surface area contributed by atoms with Crippen molar-refractivity contribution in [2.75, 3.05) is 45.3 Å². The SMILES string of the molecule is COc1c(F)cccc1Nc1c(-c2ccncc2OC[C@@H]2CNCCO2)[nH]c2c1C(=O)NCC2. The number of amides is 1. The van der Waals surface area contributed by atoms with E-state index in [0.29, 0.717) is 61.1 Å². The normalized spacial score (nSPS) is 17.6. The molecule has 34 heavy (non-hydrogen) atoms. The predicted octanol–water partition coefficient (Wildman–Crippen LogP) is 2.62. The number of aromatic nitrogens is 2. The first-order chi connectivity index (χ1) is 16.7. The first kappa shape index (κ1) is 22.2. The van der Waals surface area contributed by atoms with Crippen LogP contribution < -0.4 is 25.4 Å². The summed E-state index contributed by atoms with van der Waals surface area (Å²) in [5.41, 5.74) is 3.56. The highest BCUT2D eigenvalue weighted by Gasteiger charge is 2.29. The summed E-state index contributed by atoms with van der Waals surface area (Å²) >= 11 is 0. The minimum atomic E-state index is -0.503. The van der Waals surface area contributed by atoms with Crippen LogP contribution in [0.15, 0.2) is 36.7 Å². The first-order valence-electron chi connectivity index (χ1n) is 11.2. The number of carbonyl (C=O) groups is 1. The zero-order chi connectivity index (χ0) is 23.5. The lowest BCUT2D eigenvalue weighted by Crippen LogP contribution is -2.41. The van der Waals surface area contributed by atoms with Crippen LogP contribution in [0.25, 0.3) is 11.3 Å². The number of nitrogens with one attached hydrogen (secondary N) is 4. The molecular weight excluding hydrogens is 441 g/mol. The summed E-state index contributed by atoms with van der Waals surface area (Å²) in [4.78, 5) is 20.4. The lowest BCUT2D eigenvalue weighted by molar-refractivity contribution is 0.000245. The van der Waals surface area contributed by atoms with Crippen molar-refractivity contribution in [3.05, 3.63) is 53.7 Å². The molecule has 4 heterocycles. The third kappa shape index (κ3) is 4.29. The fourth-order valence-electron chi connectivity index (χ4n) is 4.27. The van der Waals surface area contributed by atoms with Gasteiger partial charge in [-0.2, -0.15) is 0 Å². The van der Waals surface area contributed by atoms with Crippen LogP contribution in [0.1, 0.15) is 16.1 Å². The molecule has 5 rings (SSSR count). The van der Waals surface area contributed by atoms with Gasteiger partial charge < -0.3 is 35.1 Å². The second kappa shape index (κ2) is 9.70. The highest BCUT2D eigenvalue weighted by Crippen LogP contribution is 2.42. The van der Waals surface area contributed by atoms with Crippen LogP contribution in [0.4, 0.5) is 15.8 Å². The predicted molar refractivity (Wildman–Crippen MR) is 124 cm³/mol. The number of fused-ring (bicyclic) bond motifs is 1. The molecular formula is C24H26FN5O4. The number of methoxy groups -OCH3 is 1. The molecule has 10 heteroatoms. The van der Waals surface area contributed by atoms with Crippen LogP contribution in [-0.4, -0.2) is 61.9 Å². The zero-order valence-electron chi connectivity index (χ0n) is 18.7. The second-order valence-corrected chi connectivity index (χ2v) is 8.06. The smallest absolute Gasteiger partial charge is 0.255 e. The molecule has 1 amide bonds. The highest BCUT2D eigenvalue weighted by atomic mass is 19.1. The van der Waals surface area contributed by atoms with E-state index in [2.05, 4.69) is 25.9 Å². The molecule has 0 saturated carbocycles. The molecule has 2 aliphatic rings. The van der Waals surface area contributed by atoms with E-state index in [4.69, 9.17) is 14.2 Å².